The quantitative estimate of drug-likeness (QED) is 0.596. The lowest BCUT2D eigenvalue weighted by atomic mass is 10.1. The molecular formula is C13H16ClN3O4. The predicted octanol–water partition coefficient (Wildman–Crippen LogP) is 0.858. The van der Waals surface area contributed by atoms with Crippen molar-refractivity contribution in [2.45, 2.75) is 25.4 Å². The van der Waals surface area contributed by atoms with Gasteiger partial charge in [0.1, 0.15) is 6.04 Å². The smallest absolute Gasteiger partial charge is 0.326 e. The number of hydrogen-bond acceptors (Lipinski definition) is 3. The summed E-state index contributed by atoms with van der Waals surface area (Å²) in [5.74, 6) is -1.85. The lowest BCUT2D eigenvalue weighted by Gasteiger charge is -2.14. The SMILES string of the molecule is NC(=O)CC[C@@H](NC(=O)NCc1cccc(Cl)c1)C(=O)O. The van der Waals surface area contributed by atoms with Gasteiger partial charge in [-0.3, -0.25) is 4.79 Å². The number of carbonyl (C=O) groups excluding carboxylic acids is 2. The number of hydrogen-bond donors (Lipinski definition) is 4. The molecule has 0 radical (unpaired) electrons. The lowest BCUT2D eigenvalue weighted by Crippen LogP contribution is -2.46. The highest BCUT2D eigenvalue weighted by Crippen LogP contribution is 2.10. The number of aliphatic carboxylic acids is 1. The summed E-state index contributed by atoms with van der Waals surface area (Å²) in [6.07, 6.45) is -0.180. The number of carbonyl (C=O) groups is 3. The molecule has 0 saturated carbocycles. The van der Waals surface area contributed by atoms with Crippen molar-refractivity contribution < 1.29 is 19.5 Å². The van der Waals surface area contributed by atoms with E-state index in [1.54, 1.807) is 24.3 Å². The minimum atomic E-state index is -1.23. The number of primary amides is 1. The van der Waals surface area contributed by atoms with Crippen LogP contribution in [0.2, 0.25) is 5.02 Å². The minimum absolute atomic E-state index is 0.0603. The van der Waals surface area contributed by atoms with Gasteiger partial charge in [0.05, 0.1) is 0 Å². The van der Waals surface area contributed by atoms with Gasteiger partial charge in [-0.15, -0.1) is 0 Å². The monoisotopic (exact) mass is 313 g/mol. The van der Waals surface area contributed by atoms with E-state index in [1.165, 1.54) is 0 Å². The van der Waals surface area contributed by atoms with Crippen molar-refractivity contribution in [3.8, 4) is 0 Å². The topological polar surface area (TPSA) is 122 Å². The summed E-state index contributed by atoms with van der Waals surface area (Å²) in [4.78, 5) is 33.2. The third-order valence-electron chi connectivity index (χ3n) is 2.62. The molecule has 1 aromatic carbocycles. The molecule has 1 aromatic rings. The largest absolute Gasteiger partial charge is 0.480 e. The molecule has 3 amide bonds. The van der Waals surface area contributed by atoms with E-state index in [-0.39, 0.29) is 19.4 Å². The molecule has 21 heavy (non-hydrogen) atoms. The maximum atomic E-state index is 11.6. The normalized spacial score (nSPS) is 11.5. The van der Waals surface area contributed by atoms with Crippen LogP contribution in [0.1, 0.15) is 18.4 Å². The van der Waals surface area contributed by atoms with Crippen molar-refractivity contribution in [2.24, 2.45) is 5.73 Å². The molecule has 0 heterocycles. The first-order valence-corrected chi connectivity index (χ1v) is 6.56. The number of carboxylic acids is 1. The second kappa shape index (κ2) is 8.11. The molecule has 0 aliphatic heterocycles. The summed E-state index contributed by atoms with van der Waals surface area (Å²) in [7, 11) is 0. The number of nitrogens with one attached hydrogen (secondary N) is 2. The molecule has 0 aliphatic carbocycles. The van der Waals surface area contributed by atoms with E-state index in [2.05, 4.69) is 10.6 Å². The Kier molecular flexibility index (Phi) is 6.48. The first-order chi connectivity index (χ1) is 9.88. The second-order valence-electron chi connectivity index (χ2n) is 4.35. The molecule has 0 fully saturated rings. The van der Waals surface area contributed by atoms with Crippen molar-refractivity contribution in [2.75, 3.05) is 0 Å². The number of amides is 3. The molecule has 0 spiro atoms. The van der Waals surface area contributed by atoms with Crippen LogP contribution in [0.3, 0.4) is 0 Å². The molecule has 114 valence electrons. The average molecular weight is 314 g/mol. The van der Waals surface area contributed by atoms with Crippen LogP contribution >= 0.6 is 11.6 Å². The molecule has 1 atom stereocenters. The zero-order valence-corrected chi connectivity index (χ0v) is 11.9. The van der Waals surface area contributed by atoms with Gasteiger partial charge in [-0.2, -0.15) is 0 Å². The van der Waals surface area contributed by atoms with Crippen LogP contribution in [0.15, 0.2) is 24.3 Å². The number of rotatable bonds is 7. The van der Waals surface area contributed by atoms with E-state index < -0.39 is 23.9 Å². The summed E-state index contributed by atoms with van der Waals surface area (Å²) in [5, 5.41) is 14.3. The zero-order valence-electron chi connectivity index (χ0n) is 11.1. The van der Waals surface area contributed by atoms with Crippen LogP contribution in [-0.2, 0) is 16.1 Å². The lowest BCUT2D eigenvalue weighted by molar-refractivity contribution is -0.139. The Morgan fingerprint density at radius 3 is 2.62 bits per heavy atom. The first-order valence-electron chi connectivity index (χ1n) is 6.18. The van der Waals surface area contributed by atoms with Gasteiger partial charge in [0.25, 0.3) is 0 Å². The van der Waals surface area contributed by atoms with Gasteiger partial charge in [0.2, 0.25) is 5.91 Å². The Balaban J connectivity index is 2.46. The second-order valence-corrected chi connectivity index (χ2v) is 4.79. The molecule has 5 N–H and O–H groups in total. The fraction of sp³-hybridized carbons (Fsp3) is 0.308. The molecule has 1 rings (SSSR count). The van der Waals surface area contributed by atoms with E-state index in [9.17, 15) is 14.4 Å². The molecule has 0 aromatic heterocycles. The van der Waals surface area contributed by atoms with Crippen molar-refractivity contribution in [1.82, 2.24) is 10.6 Å². The van der Waals surface area contributed by atoms with Crippen LogP contribution in [0, 0.1) is 0 Å². The van der Waals surface area contributed by atoms with Gasteiger partial charge in [-0.05, 0) is 24.1 Å². The van der Waals surface area contributed by atoms with Crippen LogP contribution in [0.4, 0.5) is 4.79 Å². The van der Waals surface area contributed by atoms with Gasteiger partial charge < -0.3 is 21.5 Å². The summed E-state index contributed by atoms with van der Waals surface area (Å²) in [6, 6.07) is 5.08. The van der Waals surface area contributed by atoms with Gasteiger partial charge in [0.15, 0.2) is 0 Å². The fourth-order valence-electron chi connectivity index (χ4n) is 1.58. The summed E-state index contributed by atoms with van der Waals surface area (Å²) in [5.41, 5.74) is 5.73. The summed E-state index contributed by atoms with van der Waals surface area (Å²) < 4.78 is 0. The molecular weight excluding hydrogens is 298 g/mol. The van der Waals surface area contributed by atoms with Crippen LogP contribution in [-0.4, -0.2) is 29.1 Å². The number of carboxylic acid groups (broad SMARTS) is 1. The Morgan fingerprint density at radius 2 is 2.05 bits per heavy atom. The third-order valence-corrected chi connectivity index (χ3v) is 2.86. The number of halogens is 1. The molecule has 0 bridgehead atoms. The molecule has 0 aliphatic rings. The first kappa shape index (κ1) is 16.8. The predicted molar refractivity (Wildman–Crippen MR) is 76.7 cm³/mol. The van der Waals surface area contributed by atoms with Gasteiger partial charge >= 0.3 is 12.0 Å². The number of benzene rings is 1. The van der Waals surface area contributed by atoms with Crippen molar-refractivity contribution in [3.63, 3.8) is 0 Å². The highest BCUT2D eigenvalue weighted by atomic mass is 35.5. The van der Waals surface area contributed by atoms with Crippen molar-refractivity contribution in [1.29, 1.82) is 0 Å². The third kappa shape index (κ3) is 6.62. The van der Waals surface area contributed by atoms with E-state index >= 15 is 0 Å². The Morgan fingerprint density at radius 1 is 1.33 bits per heavy atom. The standard InChI is InChI=1S/C13H16ClN3O4/c14-9-3-1-2-8(6-9)7-16-13(21)17-10(12(19)20)4-5-11(15)18/h1-3,6,10H,4-5,7H2,(H2,15,18)(H,19,20)(H2,16,17,21)/t10-/m1/s1. The maximum absolute atomic E-state index is 11.6. The Labute approximate surface area is 126 Å². The van der Waals surface area contributed by atoms with E-state index in [0.717, 1.165) is 5.56 Å². The zero-order chi connectivity index (χ0) is 15.8. The summed E-state index contributed by atoms with van der Waals surface area (Å²) in [6.45, 7) is 0.203. The van der Waals surface area contributed by atoms with E-state index in [1.807, 2.05) is 0 Å². The molecule has 7 nitrogen and oxygen atoms in total. The molecule has 8 heteroatoms. The van der Waals surface area contributed by atoms with Crippen molar-refractivity contribution in [3.05, 3.63) is 34.9 Å². The van der Waals surface area contributed by atoms with Crippen molar-refractivity contribution >= 4 is 29.5 Å². The van der Waals surface area contributed by atoms with E-state index in [4.69, 9.17) is 22.4 Å². The van der Waals surface area contributed by atoms with Gasteiger partial charge in [0, 0.05) is 18.0 Å². The van der Waals surface area contributed by atoms with Crippen LogP contribution in [0.25, 0.3) is 0 Å². The Bertz CT molecular complexity index is 536. The van der Waals surface area contributed by atoms with Gasteiger partial charge in [-0.25, -0.2) is 9.59 Å². The fourth-order valence-corrected chi connectivity index (χ4v) is 1.80. The molecule has 0 unspecified atom stereocenters. The average Bonchev–Trinajstić information content (AvgIpc) is 2.40. The highest BCUT2D eigenvalue weighted by molar-refractivity contribution is 6.30. The van der Waals surface area contributed by atoms with Crippen LogP contribution < -0.4 is 16.4 Å². The number of nitrogens with two attached hydrogens (primary N) is 1. The number of urea groups is 1. The van der Waals surface area contributed by atoms with Gasteiger partial charge in [-0.1, -0.05) is 23.7 Å². The summed E-state index contributed by atoms with van der Waals surface area (Å²) >= 11 is 5.81. The van der Waals surface area contributed by atoms with Crippen LogP contribution in [0.5, 0.6) is 0 Å². The highest BCUT2D eigenvalue weighted by Gasteiger charge is 2.20. The Hall–Kier alpha value is -2.28. The molecule has 0 saturated heterocycles. The maximum Gasteiger partial charge on any atom is 0.326 e. The van der Waals surface area contributed by atoms with E-state index in [0.29, 0.717) is 5.02 Å². The minimum Gasteiger partial charge on any atom is -0.480 e.